The van der Waals surface area contributed by atoms with Gasteiger partial charge in [-0.3, -0.25) is 0 Å². The van der Waals surface area contributed by atoms with Gasteiger partial charge in [0, 0.05) is 0 Å². The summed E-state index contributed by atoms with van der Waals surface area (Å²) in [6.07, 6.45) is 10.3. The second kappa shape index (κ2) is 4.00. The highest BCUT2D eigenvalue weighted by atomic mass is 14.9. The zero-order valence-electron chi connectivity index (χ0n) is 8.94. The molecule has 2 fully saturated rings. The van der Waals surface area contributed by atoms with Crippen LogP contribution in [0.3, 0.4) is 0 Å². The van der Waals surface area contributed by atoms with Crippen molar-refractivity contribution in [3.8, 4) is 0 Å². The molecule has 0 aromatic carbocycles. The lowest BCUT2D eigenvalue weighted by Crippen LogP contribution is -2.33. The summed E-state index contributed by atoms with van der Waals surface area (Å²) >= 11 is 0. The van der Waals surface area contributed by atoms with Gasteiger partial charge in [-0.25, -0.2) is 0 Å². The molecule has 0 aromatic rings. The smallest absolute Gasteiger partial charge is 0.00147 e. The summed E-state index contributed by atoms with van der Waals surface area (Å²) in [4.78, 5) is 0. The van der Waals surface area contributed by atoms with Gasteiger partial charge in [-0.2, -0.15) is 0 Å². The van der Waals surface area contributed by atoms with E-state index in [4.69, 9.17) is 0 Å². The van der Waals surface area contributed by atoms with Crippen molar-refractivity contribution in [3.05, 3.63) is 0 Å². The molecule has 2 rings (SSSR count). The van der Waals surface area contributed by atoms with Gasteiger partial charge in [-0.15, -0.1) is 0 Å². The molecule has 1 N–H and O–H groups in total. The Bertz CT molecular complexity index is 153. The highest BCUT2D eigenvalue weighted by molar-refractivity contribution is 4.91. The van der Waals surface area contributed by atoms with Gasteiger partial charge in [0.2, 0.25) is 0 Å². The Kier molecular flexibility index (Phi) is 2.92. The lowest BCUT2D eigenvalue weighted by molar-refractivity contribution is 0.101. The standard InChI is InChI=1S/C12H23N/c1-2-12(7-4-3-5-8-12)11-6-9-13-10-11/h11,13H,2-10H2,1H3. The van der Waals surface area contributed by atoms with Crippen LogP contribution in [0.5, 0.6) is 0 Å². The van der Waals surface area contributed by atoms with Crippen molar-refractivity contribution in [3.63, 3.8) is 0 Å². The van der Waals surface area contributed by atoms with E-state index in [-0.39, 0.29) is 0 Å². The van der Waals surface area contributed by atoms with Gasteiger partial charge < -0.3 is 5.32 Å². The van der Waals surface area contributed by atoms with Crippen LogP contribution in [0.4, 0.5) is 0 Å². The van der Waals surface area contributed by atoms with Crippen LogP contribution in [-0.2, 0) is 0 Å². The van der Waals surface area contributed by atoms with Crippen LogP contribution < -0.4 is 5.32 Å². The van der Waals surface area contributed by atoms with Gasteiger partial charge in [0.05, 0.1) is 0 Å². The third-order valence-corrected chi connectivity index (χ3v) is 4.48. The Balaban J connectivity index is 2.03. The highest BCUT2D eigenvalue weighted by Gasteiger charge is 2.38. The molecule has 76 valence electrons. The third kappa shape index (κ3) is 1.76. The minimum atomic E-state index is 0.738. The maximum absolute atomic E-state index is 3.53. The Morgan fingerprint density at radius 3 is 2.54 bits per heavy atom. The second-order valence-corrected chi connectivity index (χ2v) is 4.97. The summed E-state index contributed by atoms with van der Waals surface area (Å²) in [6.45, 7) is 4.98. The molecule has 0 amide bonds. The van der Waals surface area contributed by atoms with E-state index in [1.807, 2.05) is 0 Å². The topological polar surface area (TPSA) is 12.0 Å². The Hall–Kier alpha value is -0.0400. The minimum absolute atomic E-state index is 0.738. The SMILES string of the molecule is CCC1(C2CCNC2)CCCCC1. The zero-order valence-corrected chi connectivity index (χ0v) is 8.94. The summed E-state index contributed by atoms with van der Waals surface area (Å²) in [5.41, 5.74) is 0.738. The maximum Gasteiger partial charge on any atom is -0.00147 e. The summed E-state index contributed by atoms with van der Waals surface area (Å²) in [6, 6.07) is 0. The van der Waals surface area contributed by atoms with E-state index in [9.17, 15) is 0 Å². The van der Waals surface area contributed by atoms with Crippen LogP contribution in [0.25, 0.3) is 0 Å². The fourth-order valence-electron chi connectivity index (χ4n) is 3.48. The molecule has 1 nitrogen and oxygen atoms in total. The molecule has 2 aliphatic rings. The predicted octanol–water partition coefficient (Wildman–Crippen LogP) is 2.96. The van der Waals surface area contributed by atoms with Crippen molar-refractivity contribution in [1.82, 2.24) is 5.32 Å². The number of hydrogen-bond donors (Lipinski definition) is 1. The molecule has 13 heavy (non-hydrogen) atoms. The van der Waals surface area contributed by atoms with Gasteiger partial charge in [0.15, 0.2) is 0 Å². The van der Waals surface area contributed by atoms with Crippen LogP contribution in [0.15, 0.2) is 0 Å². The molecule has 0 bridgehead atoms. The molecule has 0 radical (unpaired) electrons. The van der Waals surface area contributed by atoms with E-state index >= 15 is 0 Å². The van der Waals surface area contributed by atoms with Crippen LogP contribution in [0.2, 0.25) is 0 Å². The molecule has 1 heteroatoms. The normalized spacial score (nSPS) is 33.5. The molecule has 1 aliphatic heterocycles. The molecule has 1 atom stereocenters. The largest absolute Gasteiger partial charge is 0.316 e. The average Bonchev–Trinajstić information content (AvgIpc) is 2.72. The first-order valence-corrected chi connectivity index (χ1v) is 6.08. The summed E-state index contributed by atoms with van der Waals surface area (Å²) in [5.74, 6) is 0.998. The average molecular weight is 181 g/mol. The number of hydrogen-bond acceptors (Lipinski definition) is 1. The highest BCUT2D eigenvalue weighted by Crippen LogP contribution is 2.47. The first-order chi connectivity index (χ1) is 6.37. The van der Waals surface area contributed by atoms with E-state index < -0.39 is 0 Å². The summed E-state index contributed by atoms with van der Waals surface area (Å²) in [5, 5.41) is 3.53. The van der Waals surface area contributed by atoms with Gasteiger partial charge in [-0.1, -0.05) is 32.6 Å². The van der Waals surface area contributed by atoms with Crippen molar-refractivity contribution in [2.24, 2.45) is 11.3 Å². The van der Waals surface area contributed by atoms with E-state index in [1.54, 1.807) is 0 Å². The van der Waals surface area contributed by atoms with Crippen molar-refractivity contribution in [2.75, 3.05) is 13.1 Å². The van der Waals surface area contributed by atoms with Gasteiger partial charge >= 0.3 is 0 Å². The lowest BCUT2D eigenvalue weighted by Gasteiger charge is -2.41. The van der Waals surface area contributed by atoms with E-state index in [1.165, 1.54) is 58.0 Å². The van der Waals surface area contributed by atoms with Crippen LogP contribution >= 0.6 is 0 Å². The van der Waals surface area contributed by atoms with Crippen molar-refractivity contribution in [2.45, 2.75) is 51.9 Å². The zero-order chi connectivity index (χ0) is 9.15. The van der Waals surface area contributed by atoms with E-state index in [0.29, 0.717) is 0 Å². The monoisotopic (exact) mass is 181 g/mol. The lowest BCUT2D eigenvalue weighted by atomic mass is 9.64. The summed E-state index contributed by atoms with van der Waals surface area (Å²) < 4.78 is 0. The minimum Gasteiger partial charge on any atom is -0.316 e. The van der Waals surface area contributed by atoms with Crippen molar-refractivity contribution in [1.29, 1.82) is 0 Å². The molecule has 1 aliphatic carbocycles. The van der Waals surface area contributed by atoms with Gasteiger partial charge in [-0.05, 0) is 43.7 Å². The van der Waals surface area contributed by atoms with Crippen LogP contribution in [-0.4, -0.2) is 13.1 Å². The Morgan fingerprint density at radius 1 is 1.23 bits per heavy atom. The van der Waals surface area contributed by atoms with Gasteiger partial charge in [0.25, 0.3) is 0 Å². The Morgan fingerprint density at radius 2 is 2.00 bits per heavy atom. The number of nitrogens with one attached hydrogen (secondary N) is 1. The second-order valence-electron chi connectivity index (χ2n) is 4.97. The van der Waals surface area contributed by atoms with E-state index in [2.05, 4.69) is 12.2 Å². The van der Waals surface area contributed by atoms with Crippen molar-refractivity contribution < 1.29 is 0 Å². The molecule has 0 aromatic heterocycles. The fraction of sp³-hybridized carbons (Fsp3) is 1.00. The van der Waals surface area contributed by atoms with E-state index in [0.717, 1.165) is 11.3 Å². The molecule has 1 unspecified atom stereocenters. The first kappa shape index (κ1) is 9.51. The molecule has 1 saturated heterocycles. The summed E-state index contributed by atoms with van der Waals surface area (Å²) in [7, 11) is 0. The number of rotatable bonds is 2. The first-order valence-electron chi connectivity index (χ1n) is 6.08. The van der Waals surface area contributed by atoms with Crippen LogP contribution in [0.1, 0.15) is 51.9 Å². The maximum atomic E-state index is 3.53. The van der Waals surface area contributed by atoms with Gasteiger partial charge in [0.1, 0.15) is 0 Å². The molecule has 1 heterocycles. The van der Waals surface area contributed by atoms with Crippen molar-refractivity contribution >= 4 is 0 Å². The van der Waals surface area contributed by atoms with Crippen LogP contribution in [0, 0.1) is 11.3 Å². The Labute approximate surface area is 82.3 Å². The quantitative estimate of drug-likeness (QED) is 0.690. The molecular weight excluding hydrogens is 158 g/mol. The predicted molar refractivity (Wildman–Crippen MR) is 56.8 cm³/mol. The molecular formula is C12H23N. The fourth-order valence-corrected chi connectivity index (χ4v) is 3.48. The third-order valence-electron chi connectivity index (χ3n) is 4.48. The molecule has 1 saturated carbocycles. The molecule has 0 spiro atoms.